The van der Waals surface area contributed by atoms with Gasteiger partial charge in [-0.15, -0.1) is 0 Å². The number of carbonyl (C=O) groups excluding carboxylic acids is 2. The molecule has 9 heteroatoms. The van der Waals surface area contributed by atoms with Gasteiger partial charge in [-0.2, -0.15) is 4.98 Å². The van der Waals surface area contributed by atoms with Crippen LogP contribution in [0.3, 0.4) is 0 Å². The number of carbonyl (C=O) groups is 2. The topological polar surface area (TPSA) is 76.5 Å². The predicted molar refractivity (Wildman–Crippen MR) is 146 cm³/mol. The summed E-state index contributed by atoms with van der Waals surface area (Å²) < 4.78 is 12.3. The van der Waals surface area contributed by atoms with Crippen molar-refractivity contribution in [3.8, 4) is 11.5 Å². The van der Waals surface area contributed by atoms with Gasteiger partial charge in [0.05, 0.1) is 26.3 Å². The molecule has 1 spiro atoms. The summed E-state index contributed by atoms with van der Waals surface area (Å²) in [5.41, 5.74) is 3.73. The molecule has 198 valence electrons. The largest absolute Gasteiger partial charge is 0.497 e. The van der Waals surface area contributed by atoms with Crippen LogP contribution in [0.5, 0.6) is 11.5 Å². The normalized spacial score (nSPS) is 20.3. The molecule has 2 fully saturated rings. The number of aromatic amines is 1. The number of amides is 3. The molecule has 1 atom stereocenters. The molecule has 2 saturated heterocycles. The average Bonchev–Trinajstić information content (AvgIpc) is 3.40. The molecule has 6 rings (SSSR count). The number of hydrogen-bond donors (Lipinski definition) is 0. The zero-order valence-corrected chi connectivity index (χ0v) is 23.1. The molecule has 2 aromatic carbocycles. The van der Waals surface area contributed by atoms with E-state index in [1.54, 1.807) is 14.2 Å². The fourth-order valence-electron chi connectivity index (χ4n) is 6.50. The Morgan fingerprint density at radius 1 is 1.16 bits per heavy atom. The maximum Gasteiger partial charge on any atom is 0.330 e. The summed E-state index contributed by atoms with van der Waals surface area (Å²) in [6.07, 6.45) is 3.65. The number of allylic oxidation sites excluding steroid dienone is 1. The average molecular weight is 534 g/mol. The zero-order valence-electron chi connectivity index (χ0n) is 22.2. The number of nitrogens with zero attached hydrogens (tertiary/aromatic N) is 3. The first-order chi connectivity index (χ1) is 18.4. The number of nitrogens with one attached hydrogen (secondary N) is 1. The van der Waals surface area contributed by atoms with E-state index in [0.717, 1.165) is 38.5 Å². The number of likely N-dealkylation sites (tertiary alicyclic amines) is 1. The molecule has 3 amide bonds. The number of benzene rings is 2. The van der Waals surface area contributed by atoms with Crippen LogP contribution in [-0.2, 0) is 6.54 Å². The number of likely N-dealkylation sites (N-methyl/N-ethyl adjacent to an activating group) is 1. The van der Waals surface area contributed by atoms with Crippen molar-refractivity contribution >= 4 is 33.5 Å². The van der Waals surface area contributed by atoms with Crippen molar-refractivity contribution in [2.45, 2.75) is 44.7 Å². The van der Waals surface area contributed by atoms with Crippen molar-refractivity contribution in [2.75, 3.05) is 33.9 Å². The first kappa shape index (κ1) is 24.7. The minimum atomic E-state index is -0.430. The molecule has 1 aromatic heterocycles. The van der Waals surface area contributed by atoms with Crippen LogP contribution in [0.1, 0.15) is 53.5 Å². The molecule has 0 unspecified atom stereocenters. The molecule has 3 aliphatic rings. The fraction of sp³-hybridized carbons (Fsp3) is 0.414. The predicted octanol–water partition coefficient (Wildman–Crippen LogP) is 4.67. The standard InChI is InChI=1S/C29H32N4O4S/c1-5-33-28(35)32-17-19-15-20(36-3)16-22(37-4)25(19)18(2)14-24(32)29(33)10-12-31(13-11-29)27(34)26-30-21-8-6-7-9-23(21)38-26/h6-9,14-16,18H,5,10-13,17H2,1-4H3/p+1/t18-/m0/s1. The summed E-state index contributed by atoms with van der Waals surface area (Å²) in [5, 5.41) is 0.650. The van der Waals surface area contributed by atoms with Crippen LogP contribution in [0.2, 0.25) is 0 Å². The van der Waals surface area contributed by atoms with Crippen molar-refractivity contribution < 1.29 is 24.0 Å². The number of urea groups is 1. The highest BCUT2D eigenvalue weighted by atomic mass is 32.1. The van der Waals surface area contributed by atoms with Crippen molar-refractivity contribution in [2.24, 2.45) is 0 Å². The summed E-state index contributed by atoms with van der Waals surface area (Å²) in [4.78, 5) is 36.4. The van der Waals surface area contributed by atoms with E-state index in [9.17, 15) is 9.59 Å². The van der Waals surface area contributed by atoms with Crippen molar-refractivity contribution in [1.82, 2.24) is 14.7 Å². The zero-order chi connectivity index (χ0) is 26.6. The molecule has 1 N–H and O–H groups in total. The number of hydrogen-bond acceptors (Lipinski definition) is 5. The van der Waals surface area contributed by atoms with Gasteiger partial charge in [-0.1, -0.05) is 36.5 Å². The first-order valence-corrected chi connectivity index (χ1v) is 14.0. The lowest BCUT2D eigenvalue weighted by molar-refractivity contribution is -0.343. The summed E-state index contributed by atoms with van der Waals surface area (Å²) >= 11 is 1.50. The Balaban J connectivity index is 1.32. The first-order valence-electron chi connectivity index (χ1n) is 13.2. The van der Waals surface area contributed by atoms with E-state index in [1.807, 2.05) is 58.0 Å². The minimum Gasteiger partial charge on any atom is -0.497 e. The maximum atomic E-state index is 13.8. The summed E-state index contributed by atoms with van der Waals surface area (Å²) in [5.74, 6) is 1.58. The van der Waals surface area contributed by atoms with Gasteiger partial charge in [-0.3, -0.25) is 9.69 Å². The van der Waals surface area contributed by atoms with Gasteiger partial charge in [-0.25, -0.2) is 4.79 Å². The van der Waals surface area contributed by atoms with Crippen molar-refractivity contribution in [3.63, 3.8) is 0 Å². The van der Waals surface area contributed by atoms with E-state index in [4.69, 9.17) is 9.47 Å². The smallest absolute Gasteiger partial charge is 0.330 e. The number of H-pyrrole nitrogens is 1. The number of rotatable bonds is 4. The number of thiazole rings is 1. The maximum absolute atomic E-state index is 13.8. The van der Waals surface area contributed by atoms with Crippen LogP contribution in [0, 0.1) is 0 Å². The monoisotopic (exact) mass is 533 g/mol. The highest BCUT2D eigenvalue weighted by Crippen LogP contribution is 2.49. The van der Waals surface area contributed by atoms with E-state index in [1.165, 1.54) is 11.3 Å². The van der Waals surface area contributed by atoms with Crippen LogP contribution in [0.15, 0.2) is 48.2 Å². The van der Waals surface area contributed by atoms with Gasteiger partial charge in [0.25, 0.3) is 0 Å². The quantitative estimate of drug-likeness (QED) is 0.489. The van der Waals surface area contributed by atoms with Crippen LogP contribution < -0.4 is 14.5 Å². The molecule has 0 radical (unpaired) electrons. The second kappa shape index (κ2) is 9.31. The highest BCUT2D eigenvalue weighted by molar-refractivity contribution is 7.19. The van der Waals surface area contributed by atoms with E-state index in [-0.39, 0.29) is 17.9 Å². The van der Waals surface area contributed by atoms with E-state index >= 15 is 0 Å². The van der Waals surface area contributed by atoms with Crippen LogP contribution in [0.25, 0.3) is 10.2 Å². The van der Waals surface area contributed by atoms with Gasteiger partial charge in [0, 0.05) is 48.9 Å². The highest BCUT2D eigenvalue weighted by Gasteiger charge is 2.55. The minimum absolute atomic E-state index is 0.0257. The molecule has 0 saturated carbocycles. The number of fused-ring (bicyclic) bond motifs is 4. The molecule has 4 heterocycles. The molecule has 0 bridgehead atoms. The third kappa shape index (κ3) is 3.66. The Hall–Kier alpha value is -3.59. The lowest BCUT2D eigenvalue weighted by atomic mass is 9.82. The number of ether oxygens (including phenoxy) is 2. The van der Waals surface area contributed by atoms with Crippen LogP contribution in [-0.4, -0.2) is 66.0 Å². The lowest BCUT2D eigenvalue weighted by Crippen LogP contribution is -2.55. The van der Waals surface area contributed by atoms with Crippen LogP contribution >= 0.6 is 11.3 Å². The summed E-state index contributed by atoms with van der Waals surface area (Å²) in [6.45, 7) is 6.47. The Morgan fingerprint density at radius 2 is 1.92 bits per heavy atom. The van der Waals surface area contributed by atoms with Crippen molar-refractivity contribution in [1.29, 1.82) is 0 Å². The molecular weight excluding hydrogens is 500 g/mol. The van der Waals surface area contributed by atoms with Gasteiger partial charge in [0.15, 0.2) is 0 Å². The molecule has 3 aliphatic heterocycles. The van der Waals surface area contributed by atoms with Gasteiger partial charge in [0.1, 0.15) is 16.2 Å². The van der Waals surface area contributed by atoms with Gasteiger partial charge >= 0.3 is 16.9 Å². The van der Waals surface area contributed by atoms with E-state index in [0.29, 0.717) is 44.0 Å². The third-order valence-electron chi connectivity index (χ3n) is 8.33. The number of piperidine rings is 1. The molecular formula is C29H33N4O4S+. The molecule has 3 aromatic rings. The molecule has 38 heavy (non-hydrogen) atoms. The summed E-state index contributed by atoms with van der Waals surface area (Å²) in [6, 6.07) is 11.9. The Bertz CT molecular complexity index is 1420. The second-order valence-corrected chi connectivity index (χ2v) is 11.3. The van der Waals surface area contributed by atoms with Crippen molar-refractivity contribution in [3.05, 3.63) is 64.3 Å². The molecule has 0 aliphatic carbocycles. The van der Waals surface area contributed by atoms with Gasteiger partial charge in [-0.05, 0) is 37.5 Å². The fourth-order valence-corrected chi connectivity index (χ4v) is 7.47. The van der Waals surface area contributed by atoms with Crippen LogP contribution in [0.4, 0.5) is 4.79 Å². The number of para-hydroxylation sites is 1. The summed E-state index contributed by atoms with van der Waals surface area (Å²) in [7, 11) is 3.32. The van der Waals surface area contributed by atoms with E-state index < -0.39 is 5.54 Å². The van der Waals surface area contributed by atoms with Gasteiger partial charge < -0.3 is 19.3 Å². The van der Waals surface area contributed by atoms with Gasteiger partial charge in [0.2, 0.25) is 5.52 Å². The SMILES string of the molecule is CCN1C(=O)N2Cc3cc(OC)cc(OC)c3[C@@H](C)C=C2C12CCN(C(=O)c1[nH+]c3ccccc3s1)CC2. The second-order valence-electron chi connectivity index (χ2n) is 10.2. The number of aromatic nitrogens is 1. The van der Waals surface area contributed by atoms with E-state index in [2.05, 4.69) is 18.0 Å². The molecule has 8 nitrogen and oxygen atoms in total. The number of methoxy groups -OCH3 is 2. The Labute approximate surface area is 226 Å². The lowest BCUT2D eigenvalue weighted by Gasteiger charge is -2.44. The Kier molecular flexibility index (Phi) is 6.06. The third-order valence-corrected chi connectivity index (χ3v) is 9.39. The Morgan fingerprint density at radius 3 is 2.61 bits per heavy atom.